The van der Waals surface area contributed by atoms with Gasteiger partial charge in [0.15, 0.2) is 11.5 Å². The number of aryl methyl sites for hydroxylation is 1. The molecule has 1 aliphatic heterocycles. The minimum atomic E-state index is -0.818. The number of hydrogen-bond acceptors (Lipinski definition) is 7. The maximum Gasteiger partial charge on any atom is 0.295 e. The first-order valence-corrected chi connectivity index (χ1v) is 12.0. The van der Waals surface area contributed by atoms with Crippen LogP contribution in [0.1, 0.15) is 43.5 Å². The van der Waals surface area contributed by atoms with Crippen molar-refractivity contribution in [1.29, 1.82) is 0 Å². The van der Waals surface area contributed by atoms with Crippen LogP contribution >= 0.6 is 0 Å². The molecule has 194 valence electrons. The second-order valence-corrected chi connectivity index (χ2v) is 9.01. The first-order valence-electron chi connectivity index (χ1n) is 12.0. The van der Waals surface area contributed by atoms with Crippen molar-refractivity contribution >= 4 is 17.4 Å². The van der Waals surface area contributed by atoms with Gasteiger partial charge in [-0.25, -0.2) is 0 Å². The second-order valence-electron chi connectivity index (χ2n) is 9.01. The van der Waals surface area contributed by atoms with Crippen LogP contribution in [0.5, 0.6) is 17.2 Å². The molecule has 0 bridgehead atoms. The quantitative estimate of drug-likeness (QED) is 0.277. The van der Waals surface area contributed by atoms with Crippen LogP contribution in [0, 0.1) is 12.8 Å². The summed E-state index contributed by atoms with van der Waals surface area (Å²) in [6.07, 6.45) is 0. The molecule has 1 heterocycles. The van der Waals surface area contributed by atoms with E-state index in [0.717, 1.165) is 5.56 Å². The highest BCUT2D eigenvalue weighted by molar-refractivity contribution is 6.46. The van der Waals surface area contributed by atoms with Crippen LogP contribution in [0.2, 0.25) is 0 Å². The number of benzene rings is 2. The van der Waals surface area contributed by atoms with Crippen LogP contribution < -0.4 is 14.2 Å². The van der Waals surface area contributed by atoms with Gasteiger partial charge in [0, 0.05) is 19.2 Å². The predicted molar refractivity (Wildman–Crippen MR) is 137 cm³/mol. The number of likely N-dealkylation sites (tertiary alicyclic amines) is 1. The Balaban J connectivity index is 2.11. The number of amides is 1. The Morgan fingerprint density at radius 2 is 1.75 bits per heavy atom. The number of hydrogen-bond donors (Lipinski definition) is 1. The van der Waals surface area contributed by atoms with E-state index in [0.29, 0.717) is 47.5 Å². The molecule has 3 rings (SSSR count). The molecule has 0 radical (unpaired) electrons. The fraction of sp³-hybridized carbons (Fsp3) is 0.429. The Kier molecular flexibility index (Phi) is 8.98. The molecule has 2 aromatic rings. The molecule has 1 amide bonds. The largest absolute Gasteiger partial charge is 0.507 e. The van der Waals surface area contributed by atoms with E-state index >= 15 is 0 Å². The number of ketones is 1. The van der Waals surface area contributed by atoms with Crippen molar-refractivity contribution in [3.8, 4) is 17.2 Å². The predicted octanol–water partition coefficient (Wildman–Crippen LogP) is 4.51. The molecule has 8 nitrogen and oxygen atoms in total. The van der Waals surface area contributed by atoms with E-state index in [1.54, 1.807) is 36.4 Å². The Hall–Kier alpha value is -3.52. The van der Waals surface area contributed by atoms with Gasteiger partial charge in [-0.3, -0.25) is 9.59 Å². The number of Topliss-reactive ketones (excluding diaryl/α,β-unsaturated/α-hetero) is 1. The van der Waals surface area contributed by atoms with Crippen molar-refractivity contribution in [2.24, 2.45) is 5.92 Å². The molecule has 2 aromatic carbocycles. The molecule has 36 heavy (non-hydrogen) atoms. The van der Waals surface area contributed by atoms with E-state index in [4.69, 9.17) is 18.9 Å². The third-order valence-corrected chi connectivity index (χ3v) is 5.90. The van der Waals surface area contributed by atoms with Crippen LogP contribution in [0.15, 0.2) is 42.0 Å². The van der Waals surface area contributed by atoms with Crippen LogP contribution in [0.25, 0.3) is 5.76 Å². The van der Waals surface area contributed by atoms with Crippen molar-refractivity contribution in [2.75, 3.05) is 40.6 Å². The van der Waals surface area contributed by atoms with Crippen molar-refractivity contribution in [1.82, 2.24) is 4.90 Å². The van der Waals surface area contributed by atoms with E-state index in [1.165, 1.54) is 19.1 Å². The lowest BCUT2D eigenvalue weighted by atomic mass is 9.94. The number of ether oxygens (including phenoxy) is 4. The van der Waals surface area contributed by atoms with Crippen LogP contribution in [-0.2, 0) is 14.3 Å². The summed E-state index contributed by atoms with van der Waals surface area (Å²) in [5.74, 6) is 0.392. The topological polar surface area (TPSA) is 94.5 Å². The SMILES string of the molecule is CCOc1ccc(C2/C(=C(/O)c3ccc(OCC(C)C)c(C)c3)C(=O)C(=O)N2CCOC)cc1OC. The molecule has 1 aliphatic rings. The fourth-order valence-corrected chi connectivity index (χ4v) is 4.15. The number of aliphatic hydroxyl groups excluding tert-OH is 1. The Morgan fingerprint density at radius 3 is 2.36 bits per heavy atom. The van der Waals surface area contributed by atoms with Gasteiger partial charge in [0.05, 0.1) is 38.5 Å². The van der Waals surface area contributed by atoms with Crippen molar-refractivity contribution in [2.45, 2.75) is 33.7 Å². The molecule has 1 fully saturated rings. The summed E-state index contributed by atoms with van der Waals surface area (Å²) in [4.78, 5) is 27.7. The average Bonchev–Trinajstić information content (AvgIpc) is 3.11. The van der Waals surface area contributed by atoms with Crippen molar-refractivity contribution in [3.63, 3.8) is 0 Å². The maximum absolute atomic E-state index is 13.2. The number of nitrogens with zero attached hydrogens (tertiary/aromatic N) is 1. The lowest BCUT2D eigenvalue weighted by Gasteiger charge is -2.25. The molecule has 1 atom stereocenters. The molecule has 0 saturated carbocycles. The number of rotatable bonds is 11. The number of carbonyl (C=O) groups excluding carboxylic acids is 2. The van der Waals surface area contributed by atoms with Crippen molar-refractivity contribution < 1.29 is 33.6 Å². The highest BCUT2D eigenvalue weighted by atomic mass is 16.5. The number of aliphatic hydroxyl groups is 1. The van der Waals surface area contributed by atoms with Gasteiger partial charge in [0.25, 0.3) is 11.7 Å². The third-order valence-electron chi connectivity index (χ3n) is 5.90. The van der Waals surface area contributed by atoms with Gasteiger partial charge < -0.3 is 29.0 Å². The third kappa shape index (κ3) is 5.65. The number of carbonyl (C=O) groups is 2. The maximum atomic E-state index is 13.2. The molecular weight excluding hydrogens is 462 g/mol. The Labute approximate surface area is 212 Å². The second kappa shape index (κ2) is 11.9. The standard InChI is InChI=1S/C28H35NO7/c1-7-35-22-11-8-19(15-23(22)34-6)25-24(27(31)28(32)29(25)12-13-33-5)26(30)20-9-10-21(18(4)14-20)36-16-17(2)3/h8-11,14-15,17,25,30H,7,12-13,16H2,1-6H3/b26-24-. The van der Waals surface area contributed by atoms with Gasteiger partial charge in [-0.15, -0.1) is 0 Å². The van der Waals surface area contributed by atoms with Crippen molar-refractivity contribution in [3.05, 3.63) is 58.7 Å². The fourth-order valence-electron chi connectivity index (χ4n) is 4.15. The van der Waals surface area contributed by atoms with E-state index < -0.39 is 17.7 Å². The molecular formula is C28H35NO7. The molecule has 1 N–H and O–H groups in total. The van der Waals surface area contributed by atoms with E-state index in [2.05, 4.69) is 13.8 Å². The van der Waals surface area contributed by atoms with Gasteiger partial charge in [0.1, 0.15) is 11.5 Å². The van der Waals surface area contributed by atoms with Gasteiger partial charge in [0.2, 0.25) is 0 Å². The summed E-state index contributed by atoms with van der Waals surface area (Å²) in [5, 5.41) is 11.3. The van der Waals surface area contributed by atoms with Gasteiger partial charge in [-0.2, -0.15) is 0 Å². The Bertz CT molecular complexity index is 1140. The van der Waals surface area contributed by atoms with Gasteiger partial charge in [-0.1, -0.05) is 19.9 Å². The minimum Gasteiger partial charge on any atom is -0.507 e. The highest BCUT2D eigenvalue weighted by Gasteiger charge is 2.46. The highest BCUT2D eigenvalue weighted by Crippen LogP contribution is 2.42. The normalized spacial score (nSPS) is 17.1. The monoisotopic (exact) mass is 497 g/mol. The van der Waals surface area contributed by atoms with Crippen LogP contribution in [-0.4, -0.2) is 62.3 Å². The van der Waals surface area contributed by atoms with Crippen LogP contribution in [0.3, 0.4) is 0 Å². The minimum absolute atomic E-state index is 0.0116. The number of methoxy groups -OCH3 is 2. The van der Waals surface area contributed by atoms with Gasteiger partial charge >= 0.3 is 0 Å². The van der Waals surface area contributed by atoms with E-state index in [-0.39, 0.29) is 24.5 Å². The van der Waals surface area contributed by atoms with Crippen LogP contribution in [0.4, 0.5) is 0 Å². The summed E-state index contributed by atoms with van der Waals surface area (Å²) in [5.41, 5.74) is 1.86. The molecule has 8 heteroatoms. The summed E-state index contributed by atoms with van der Waals surface area (Å²) in [6, 6.07) is 9.62. The van der Waals surface area contributed by atoms with E-state index in [1.807, 2.05) is 13.8 Å². The lowest BCUT2D eigenvalue weighted by molar-refractivity contribution is -0.140. The zero-order chi connectivity index (χ0) is 26.4. The zero-order valence-electron chi connectivity index (χ0n) is 21.8. The smallest absolute Gasteiger partial charge is 0.295 e. The summed E-state index contributed by atoms with van der Waals surface area (Å²) in [6.45, 7) is 9.31. The molecule has 0 spiro atoms. The molecule has 0 aromatic heterocycles. The Morgan fingerprint density at radius 1 is 1.03 bits per heavy atom. The summed E-state index contributed by atoms with van der Waals surface area (Å²) >= 11 is 0. The average molecular weight is 498 g/mol. The first-order chi connectivity index (χ1) is 17.2. The van der Waals surface area contributed by atoms with Gasteiger partial charge in [-0.05, 0) is 61.2 Å². The zero-order valence-corrected chi connectivity index (χ0v) is 21.8. The summed E-state index contributed by atoms with van der Waals surface area (Å²) < 4.78 is 22.1. The lowest BCUT2D eigenvalue weighted by Crippen LogP contribution is -2.32. The first kappa shape index (κ1) is 27.1. The molecule has 1 unspecified atom stereocenters. The summed E-state index contributed by atoms with van der Waals surface area (Å²) in [7, 11) is 3.05. The molecule has 1 saturated heterocycles. The van der Waals surface area contributed by atoms with E-state index in [9.17, 15) is 14.7 Å². The molecule has 0 aliphatic carbocycles.